The van der Waals surface area contributed by atoms with Crippen LogP contribution < -0.4 is 5.73 Å². The normalized spacial score (nSPS) is 16.0. The minimum Gasteiger partial charge on any atom is -0.383 e. The average Bonchev–Trinajstić information content (AvgIpc) is 2.47. The summed E-state index contributed by atoms with van der Waals surface area (Å²) in [6.45, 7) is 6.22. The van der Waals surface area contributed by atoms with Crippen molar-refractivity contribution >= 4 is 0 Å². The van der Waals surface area contributed by atoms with Crippen LogP contribution in [0.1, 0.15) is 25.5 Å². The second-order valence-corrected chi connectivity index (χ2v) is 5.35. The summed E-state index contributed by atoms with van der Waals surface area (Å²) in [6, 6.07) is 6.50. The van der Waals surface area contributed by atoms with E-state index in [0.29, 0.717) is 13.2 Å². The summed E-state index contributed by atoms with van der Waals surface area (Å²) in [7, 11) is 3.37. The van der Waals surface area contributed by atoms with E-state index < -0.39 is 0 Å². The van der Waals surface area contributed by atoms with Crippen molar-refractivity contribution in [2.24, 2.45) is 5.73 Å². The maximum Gasteiger partial charge on any atom is 0.123 e. The largest absolute Gasteiger partial charge is 0.383 e. The van der Waals surface area contributed by atoms with Crippen LogP contribution >= 0.6 is 0 Å². The first-order valence-corrected chi connectivity index (χ1v) is 7.26. The number of nitrogens with two attached hydrogens (primary N) is 1. The summed E-state index contributed by atoms with van der Waals surface area (Å²) in [5.41, 5.74) is 7.28. The van der Waals surface area contributed by atoms with Gasteiger partial charge in [-0.2, -0.15) is 0 Å². The predicted molar refractivity (Wildman–Crippen MR) is 82.7 cm³/mol. The van der Waals surface area contributed by atoms with E-state index in [0.717, 1.165) is 12.1 Å². The number of rotatable bonds is 9. The van der Waals surface area contributed by atoms with E-state index >= 15 is 0 Å². The molecular formula is C16H27FN2O2. The highest BCUT2D eigenvalue weighted by molar-refractivity contribution is 5.21. The van der Waals surface area contributed by atoms with Crippen molar-refractivity contribution in [1.82, 2.24) is 4.90 Å². The standard InChI is InChI=1S/C16H27FN2O2/c1-12(11-21-4)19(9-10-20-3)13(2)16(18)14-5-7-15(17)8-6-14/h5-8,12-13,16H,9-11,18H2,1-4H3. The minimum absolute atomic E-state index is 0.0933. The molecule has 0 aromatic heterocycles. The zero-order valence-corrected chi connectivity index (χ0v) is 13.4. The molecule has 0 heterocycles. The molecule has 0 fully saturated rings. The molecule has 0 bridgehead atoms. The number of ether oxygens (including phenoxy) is 2. The van der Waals surface area contributed by atoms with Gasteiger partial charge in [0.05, 0.1) is 13.2 Å². The molecule has 1 aromatic carbocycles. The molecule has 2 N–H and O–H groups in total. The van der Waals surface area contributed by atoms with Crippen molar-refractivity contribution in [1.29, 1.82) is 0 Å². The topological polar surface area (TPSA) is 47.7 Å². The molecular weight excluding hydrogens is 271 g/mol. The van der Waals surface area contributed by atoms with Gasteiger partial charge in [-0.05, 0) is 31.5 Å². The molecule has 3 atom stereocenters. The van der Waals surface area contributed by atoms with E-state index in [-0.39, 0.29) is 23.9 Å². The molecule has 3 unspecified atom stereocenters. The van der Waals surface area contributed by atoms with Crippen LogP contribution in [0.2, 0.25) is 0 Å². The minimum atomic E-state index is -0.248. The van der Waals surface area contributed by atoms with Gasteiger partial charge in [-0.3, -0.25) is 4.90 Å². The van der Waals surface area contributed by atoms with Crippen LogP contribution in [0.4, 0.5) is 4.39 Å². The SMILES string of the molecule is COCCN(C(C)COC)C(C)C(N)c1ccc(F)cc1. The predicted octanol–water partition coefficient (Wildman–Crippen LogP) is 2.20. The lowest BCUT2D eigenvalue weighted by molar-refractivity contribution is 0.0443. The lowest BCUT2D eigenvalue weighted by atomic mass is 9.99. The van der Waals surface area contributed by atoms with Crippen LogP contribution in [0.5, 0.6) is 0 Å². The van der Waals surface area contributed by atoms with E-state index in [1.54, 1.807) is 26.4 Å². The Hall–Kier alpha value is -1.01. The highest BCUT2D eigenvalue weighted by atomic mass is 19.1. The molecule has 0 radical (unpaired) electrons. The van der Waals surface area contributed by atoms with E-state index in [4.69, 9.17) is 15.2 Å². The lowest BCUT2D eigenvalue weighted by Crippen LogP contribution is -2.48. The quantitative estimate of drug-likeness (QED) is 0.759. The molecule has 21 heavy (non-hydrogen) atoms. The number of nitrogens with zero attached hydrogens (tertiary/aromatic N) is 1. The molecule has 0 amide bonds. The Labute approximate surface area is 127 Å². The summed E-state index contributed by atoms with van der Waals surface area (Å²) >= 11 is 0. The van der Waals surface area contributed by atoms with Crippen LogP contribution in [0, 0.1) is 5.82 Å². The number of benzene rings is 1. The fourth-order valence-electron chi connectivity index (χ4n) is 2.53. The molecule has 120 valence electrons. The summed E-state index contributed by atoms with van der Waals surface area (Å²) in [4.78, 5) is 2.26. The third-order valence-electron chi connectivity index (χ3n) is 3.83. The van der Waals surface area contributed by atoms with Crippen molar-refractivity contribution < 1.29 is 13.9 Å². The Bertz CT molecular complexity index is 400. The van der Waals surface area contributed by atoms with Gasteiger partial charge in [0, 0.05) is 38.9 Å². The molecule has 0 saturated heterocycles. The first-order chi connectivity index (χ1) is 10.0. The van der Waals surface area contributed by atoms with Gasteiger partial charge >= 0.3 is 0 Å². The molecule has 4 nitrogen and oxygen atoms in total. The van der Waals surface area contributed by atoms with Gasteiger partial charge in [0.25, 0.3) is 0 Å². The Morgan fingerprint density at radius 3 is 2.29 bits per heavy atom. The maximum absolute atomic E-state index is 13.0. The monoisotopic (exact) mass is 298 g/mol. The van der Waals surface area contributed by atoms with Gasteiger partial charge in [-0.1, -0.05) is 12.1 Å². The van der Waals surface area contributed by atoms with Gasteiger partial charge in [0.1, 0.15) is 5.82 Å². The highest BCUT2D eigenvalue weighted by Gasteiger charge is 2.25. The summed E-state index contributed by atoms with van der Waals surface area (Å²) in [6.07, 6.45) is 0. The number of hydrogen-bond donors (Lipinski definition) is 1. The third kappa shape index (κ3) is 5.36. The Balaban J connectivity index is 2.81. The van der Waals surface area contributed by atoms with E-state index in [9.17, 15) is 4.39 Å². The first kappa shape index (κ1) is 18.0. The number of halogens is 1. The molecule has 1 aromatic rings. The first-order valence-electron chi connectivity index (χ1n) is 7.26. The second kappa shape index (κ2) is 9.10. The van der Waals surface area contributed by atoms with Gasteiger partial charge < -0.3 is 15.2 Å². The zero-order valence-electron chi connectivity index (χ0n) is 13.4. The van der Waals surface area contributed by atoms with Gasteiger partial charge in [0.2, 0.25) is 0 Å². The smallest absolute Gasteiger partial charge is 0.123 e. The molecule has 5 heteroatoms. The Morgan fingerprint density at radius 1 is 1.14 bits per heavy atom. The molecule has 0 aliphatic heterocycles. The van der Waals surface area contributed by atoms with Crippen LogP contribution in [-0.4, -0.2) is 51.0 Å². The molecule has 0 spiro atoms. The van der Waals surface area contributed by atoms with E-state index in [1.807, 2.05) is 0 Å². The van der Waals surface area contributed by atoms with Crippen LogP contribution in [0.25, 0.3) is 0 Å². The lowest BCUT2D eigenvalue weighted by Gasteiger charge is -2.37. The van der Waals surface area contributed by atoms with Gasteiger partial charge in [-0.15, -0.1) is 0 Å². The van der Waals surface area contributed by atoms with E-state index in [2.05, 4.69) is 18.7 Å². The van der Waals surface area contributed by atoms with Crippen molar-refractivity contribution in [2.45, 2.75) is 32.0 Å². The Kier molecular flexibility index (Phi) is 7.82. The van der Waals surface area contributed by atoms with Crippen molar-refractivity contribution in [3.8, 4) is 0 Å². The highest BCUT2D eigenvalue weighted by Crippen LogP contribution is 2.21. The summed E-state index contributed by atoms with van der Waals surface area (Å²) in [5.74, 6) is -0.248. The maximum atomic E-state index is 13.0. The summed E-state index contributed by atoms with van der Waals surface area (Å²) < 4.78 is 23.4. The van der Waals surface area contributed by atoms with Crippen LogP contribution in [0.15, 0.2) is 24.3 Å². The van der Waals surface area contributed by atoms with E-state index in [1.165, 1.54) is 12.1 Å². The third-order valence-corrected chi connectivity index (χ3v) is 3.83. The van der Waals surface area contributed by atoms with Crippen LogP contribution in [0.3, 0.4) is 0 Å². The molecule has 1 rings (SSSR count). The number of methoxy groups -OCH3 is 2. The molecule has 0 aliphatic carbocycles. The van der Waals surface area contributed by atoms with Crippen LogP contribution in [-0.2, 0) is 9.47 Å². The fraction of sp³-hybridized carbons (Fsp3) is 0.625. The van der Waals surface area contributed by atoms with Gasteiger partial charge in [-0.25, -0.2) is 4.39 Å². The zero-order chi connectivity index (χ0) is 15.8. The Morgan fingerprint density at radius 2 is 1.76 bits per heavy atom. The number of hydrogen-bond acceptors (Lipinski definition) is 4. The summed E-state index contributed by atoms with van der Waals surface area (Å²) in [5, 5.41) is 0. The van der Waals surface area contributed by atoms with Crippen molar-refractivity contribution in [3.63, 3.8) is 0 Å². The average molecular weight is 298 g/mol. The second-order valence-electron chi connectivity index (χ2n) is 5.35. The molecule has 0 saturated carbocycles. The van der Waals surface area contributed by atoms with Gasteiger partial charge in [0.15, 0.2) is 0 Å². The van der Waals surface area contributed by atoms with Crippen molar-refractivity contribution in [2.75, 3.05) is 34.0 Å². The molecule has 0 aliphatic rings. The fourth-order valence-corrected chi connectivity index (χ4v) is 2.53. The van der Waals surface area contributed by atoms with Crippen molar-refractivity contribution in [3.05, 3.63) is 35.6 Å².